The molecule has 2 aromatic heterocycles. The summed E-state index contributed by atoms with van der Waals surface area (Å²) in [5, 5.41) is 15.6. The van der Waals surface area contributed by atoms with Crippen molar-refractivity contribution in [2.45, 2.75) is 6.36 Å². The van der Waals surface area contributed by atoms with Crippen molar-refractivity contribution in [1.29, 1.82) is 0 Å². The second-order valence-corrected chi connectivity index (χ2v) is 6.37. The van der Waals surface area contributed by atoms with Crippen molar-refractivity contribution < 1.29 is 31.8 Å². The number of aromatic nitrogens is 4. The first-order valence-electron chi connectivity index (χ1n) is 9.11. The number of alkyl halides is 3. The van der Waals surface area contributed by atoms with Gasteiger partial charge in [-0.3, -0.25) is 0 Å². The van der Waals surface area contributed by atoms with Crippen molar-refractivity contribution >= 4 is 0 Å². The Morgan fingerprint density at radius 3 is 2.25 bits per heavy atom. The van der Waals surface area contributed by atoms with E-state index in [2.05, 4.69) is 25.1 Å². The average Bonchev–Trinajstić information content (AvgIpc) is 3.28. The van der Waals surface area contributed by atoms with Crippen molar-refractivity contribution in [1.82, 2.24) is 20.4 Å². The van der Waals surface area contributed by atoms with Gasteiger partial charge in [-0.15, -0.1) is 23.4 Å². The number of hydrogen-bond acceptors (Lipinski definition) is 8. The number of rotatable bonds is 6. The van der Waals surface area contributed by atoms with Crippen LogP contribution in [0.5, 0.6) is 17.2 Å². The standard InChI is InChI=1S/C21H15F3N4O4/c1-29-17-6-3-12(9-18(17)30-2)19-27-28-20(31-19)16-10-14(32-21(22,23)24)4-5-15(16)13-7-8-25-26-11-13/h3-11H,1-2H3. The summed E-state index contributed by atoms with van der Waals surface area (Å²) < 4.78 is 58.6. The van der Waals surface area contributed by atoms with E-state index >= 15 is 0 Å². The van der Waals surface area contributed by atoms with E-state index in [1.165, 1.54) is 44.8 Å². The van der Waals surface area contributed by atoms with Gasteiger partial charge in [0, 0.05) is 11.1 Å². The van der Waals surface area contributed by atoms with Crippen LogP contribution >= 0.6 is 0 Å². The minimum Gasteiger partial charge on any atom is -0.493 e. The molecule has 164 valence electrons. The monoisotopic (exact) mass is 444 g/mol. The summed E-state index contributed by atoms with van der Waals surface area (Å²) in [7, 11) is 3.00. The van der Waals surface area contributed by atoms with Gasteiger partial charge in [0.1, 0.15) is 5.75 Å². The largest absolute Gasteiger partial charge is 0.573 e. The molecule has 0 atom stereocenters. The lowest BCUT2D eigenvalue weighted by Crippen LogP contribution is -2.17. The Morgan fingerprint density at radius 1 is 0.781 bits per heavy atom. The van der Waals surface area contributed by atoms with Gasteiger partial charge in [-0.25, -0.2) is 0 Å². The molecule has 0 fully saturated rings. The zero-order valence-corrected chi connectivity index (χ0v) is 16.8. The Balaban J connectivity index is 1.79. The van der Waals surface area contributed by atoms with Crippen molar-refractivity contribution in [3.05, 3.63) is 54.9 Å². The first-order chi connectivity index (χ1) is 15.4. The van der Waals surface area contributed by atoms with Crippen LogP contribution in [-0.4, -0.2) is 41.0 Å². The van der Waals surface area contributed by atoms with Gasteiger partial charge < -0.3 is 18.6 Å². The number of halogens is 3. The van der Waals surface area contributed by atoms with Crippen LogP contribution in [0.4, 0.5) is 13.2 Å². The fourth-order valence-corrected chi connectivity index (χ4v) is 3.02. The Morgan fingerprint density at radius 2 is 1.56 bits per heavy atom. The van der Waals surface area contributed by atoms with E-state index in [0.717, 1.165) is 0 Å². The van der Waals surface area contributed by atoms with E-state index in [-0.39, 0.29) is 17.3 Å². The van der Waals surface area contributed by atoms with Crippen LogP contribution in [0.2, 0.25) is 0 Å². The third kappa shape index (κ3) is 4.46. The molecule has 0 saturated carbocycles. The lowest BCUT2D eigenvalue weighted by atomic mass is 10.0. The zero-order chi connectivity index (χ0) is 22.7. The molecule has 2 heterocycles. The Labute approximate surface area is 179 Å². The maximum Gasteiger partial charge on any atom is 0.573 e. The van der Waals surface area contributed by atoms with E-state index < -0.39 is 12.1 Å². The normalized spacial score (nSPS) is 11.3. The van der Waals surface area contributed by atoms with Gasteiger partial charge in [-0.05, 0) is 48.0 Å². The molecule has 0 amide bonds. The van der Waals surface area contributed by atoms with Crippen LogP contribution < -0.4 is 14.2 Å². The van der Waals surface area contributed by atoms with Gasteiger partial charge in [0.25, 0.3) is 0 Å². The van der Waals surface area contributed by atoms with Crippen LogP contribution in [0.1, 0.15) is 0 Å². The molecule has 0 unspecified atom stereocenters. The summed E-state index contributed by atoms with van der Waals surface area (Å²) in [5.74, 6) is 0.676. The van der Waals surface area contributed by atoms with Crippen LogP contribution in [-0.2, 0) is 0 Å². The lowest BCUT2D eigenvalue weighted by Gasteiger charge is -2.12. The molecule has 0 saturated heterocycles. The minimum atomic E-state index is -4.85. The molecule has 0 radical (unpaired) electrons. The summed E-state index contributed by atoms with van der Waals surface area (Å²) in [5.41, 5.74) is 1.88. The number of ether oxygens (including phenoxy) is 3. The van der Waals surface area contributed by atoms with Gasteiger partial charge in [0.2, 0.25) is 11.8 Å². The van der Waals surface area contributed by atoms with E-state index in [0.29, 0.717) is 28.2 Å². The van der Waals surface area contributed by atoms with Crippen LogP contribution in [0.15, 0.2) is 59.3 Å². The zero-order valence-electron chi connectivity index (χ0n) is 16.8. The highest BCUT2D eigenvalue weighted by molar-refractivity contribution is 5.80. The van der Waals surface area contributed by atoms with Crippen molar-refractivity contribution in [3.63, 3.8) is 0 Å². The SMILES string of the molecule is COc1ccc(-c2nnc(-c3cc(OC(F)(F)F)ccc3-c3ccnnc3)o2)cc1OC. The summed E-state index contributed by atoms with van der Waals surface area (Å²) in [6.45, 7) is 0. The highest BCUT2D eigenvalue weighted by Gasteiger charge is 2.31. The first kappa shape index (κ1) is 21.1. The summed E-state index contributed by atoms with van der Waals surface area (Å²) in [4.78, 5) is 0. The number of nitrogens with zero attached hydrogens (tertiary/aromatic N) is 4. The Kier molecular flexibility index (Phi) is 5.63. The molecule has 4 aromatic rings. The number of methoxy groups -OCH3 is 2. The highest BCUT2D eigenvalue weighted by Crippen LogP contribution is 2.37. The molecule has 11 heteroatoms. The molecular weight excluding hydrogens is 429 g/mol. The summed E-state index contributed by atoms with van der Waals surface area (Å²) >= 11 is 0. The van der Waals surface area contributed by atoms with Crippen molar-refractivity contribution in [2.24, 2.45) is 0 Å². The lowest BCUT2D eigenvalue weighted by molar-refractivity contribution is -0.274. The molecule has 32 heavy (non-hydrogen) atoms. The predicted octanol–water partition coefficient (Wildman–Crippen LogP) is 4.78. The van der Waals surface area contributed by atoms with Crippen molar-refractivity contribution in [2.75, 3.05) is 14.2 Å². The van der Waals surface area contributed by atoms with Crippen LogP contribution in [0, 0.1) is 0 Å². The summed E-state index contributed by atoms with van der Waals surface area (Å²) in [6.07, 6.45) is -1.92. The second-order valence-electron chi connectivity index (χ2n) is 6.37. The Bertz CT molecular complexity index is 1230. The van der Waals surface area contributed by atoms with Gasteiger partial charge in [0.15, 0.2) is 11.5 Å². The van der Waals surface area contributed by atoms with E-state index in [9.17, 15) is 13.2 Å². The van der Waals surface area contributed by atoms with Crippen LogP contribution in [0.3, 0.4) is 0 Å². The average molecular weight is 444 g/mol. The predicted molar refractivity (Wildman–Crippen MR) is 106 cm³/mol. The molecule has 2 aromatic carbocycles. The minimum absolute atomic E-state index is 0.00535. The van der Waals surface area contributed by atoms with Crippen LogP contribution in [0.25, 0.3) is 34.0 Å². The van der Waals surface area contributed by atoms with E-state index in [1.54, 1.807) is 24.3 Å². The quantitative estimate of drug-likeness (QED) is 0.420. The third-order valence-electron chi connectivity index (χ3n) is 4.41. The fraction of sp³-hybridized carbons (Fsp3) is 0.143. The van der Waals surface area contributed by atoms with Crippen molar-refractivity contribution in [3.8, 4) is 51.3 Å². The highest BCUT2D eigenvalue weighted by atomic mass is 19.4. The topological polar surface area (TPSA) is 92.4 Å². The van der Waals surface area contributed by atoms with E-state index in [1.807, 2.05) is 0 Å². The molecule has 0 aliphatic rings. The van der Waals surface area contributed by atoms with Gasteiger partial charge in [-0.1, -0.05) is 0 Å². The maximum absolute atomic E-state index is 12.7. The Hall–Kier alpha value is -4.15. The summed E-state index contributed by atoms with van der Waals surface area (Å²) in [6, 6.07) is 10.5. The smallest absolute Gasteiger partial charge is 0.493 e. The van der Waals surface area contributed by atoms with Gasteiger partial charge in [-0.2, -0.15) is 10.2 Å². The molecule has 8 nitrogen and oxygen atoms in total. The second kappa shape index (κ2) is 8.53. The molecule has 0 bridgehead atoms. The van der Waals surface area contributed by atoms with Gasteiger partial charge >= 0.3 is 6.36 Å². The molecule has 0 N–H and O–H groups in total. The first-order valence-corrected chi connectivity index (χ1v) is 9.11. The number of hydrogen-bond donors (Lipinski definition) is 0. The fourth-order valence-electron chi connectivity index (χ4n) is 3.02. The molecule has 0 aliphatic heterocycles. The molecular formula is C21H15F3N4O4. The molecule has 0 aliphatic carbocycles. The molecule has 0 spiro atoms. The maximum atomic E-state index is 12.7. The van der Waals surface area contributed by atoms with Gasteiger partial charge in [0.05, 0.1) is 32.2 Å². The third-order valence-corrected chi connectivity index (χ3v) is 4.41. The number of benzene rings is 2. The van der Waals surface area contributed by atoms with E-state index in [4.69, 9.17) is 13.9 Å². The molecule has 4 rings (SSSR count).